The van der Waals surface area contributed by atoms with Gasteiger partial charge in [0.2, 0.25) is 5.88 Å². The van der Waals surface area contributed by atoms with Crippen LogP contribution in [-0.2, 0) is 19.4 Å². The van der Waals surface area contributed by atoms with E-state index in [1.165, 1.54) is 15.9 Å². The highest BCUT2D eigenvalue weighted by molar-refractivity contribution is 7.16. The van der Waals surface area contributed by atoms with Crippen LogP contribution in [0.1, 0.15) is 23.8 Å². The number of halogens is 1. The van der Waals surface area contributed by atoms with Crippen LogP contribution in [0, 0.1) is 0 Å². The van der Waals surface area contributed by atoms with Gasteiger partial charge in [0, 0.05) is 17.8 Å². The lowest BCUT2D eigenvalue weighted by Gasteiger charge is -2.10. The Morgan fingerprint density at radius 3 is 2.70 bits per heavy atom. The highest BCUT2D eigenvalue weighted by Gasteiger charge is 2.13. The van der Waals surface area contributed by atoms with Crippen molar-refractivity contribution in [2.45, 2.75) is 32.7 Å². The third-order valence-corrected chi connectivity index (χ3v) is 4.27. The van der Waals surface area contributed by atoms with Gasteiger partial charge in [0.1, 0.15) is 0 Å². The summed E-state index contributed by atoms with van der Waals surface area (Å²) >= 11 is 7.28. The van der Waals surface area contributed by atoms with Crippen molar-refractivity contribution in [2.75, 3.05) is 0 Å². The molecule has 0 radical (unpaired) electrons. The van der Waals surface area contributed by atoms with Crippen LogP contribution in [0.2, 0.25) is 4.34 Å². The molecule has 0 bridgehead atoms. The van der Waals surface area contributed by atoms with E-state index in [0.29, 0.717) is 23.7 Å². The summed E-state index contributed by atoms with van der Waals surface area (Å²) in [5.41, 5.74) is -0.837. The lowest BCUT2D eigenvalue weighted by molar-refractivity contribution is 0.392. The van der Waals surface area contributed by atoms with Crippen molar-refractivity contribution >= 4 is 22.9 Å². The van der Waals surface area contributed by atoms with Gasteiger partial charge in [0.15, 0.2) is 0 Å². The fourth-order valence-corrected chi connectivity index (χ4v) is 3.07. The van der Waals surface area contributed by atoms with Crippen LogP contribution in [-0.4, -0.2) is 14.7 Å². The number of hydrogen-bond acceptors (Lipinski definition) is 4. The van der Waals surface area contributed by atoms with E-state index in [9.17, 15) is 14.7 Å². The number of nitrogens with one attached hydrogen (secondary N) is 1. The molecule has 0 spiro atoms. The lowest BCUT2D eigenvalue weighted by atomic mass is 10.2. The average Bonchev–Trinajstić information content (AvgIpc) is 2.80. The van der Waals surface area contributed by atoms with E-state index >= 15 is 0 Å². The van der Waals surface area contributed by atoms with E-state index in [2.05, 4.69) is 4.98 Å². The number of thiophene rings is 1. The van der Waals surface area contributed by atoms with E-state index in [-0.39, 0.29) is 11.4 Å². The molecule has 0 aliphatic heterocycles. The van der Waals surface area contributed by atoms with Gasteiger partial charge in [0.25, 0.3) is 5.56 Å². The molecule has 2 heterocycles. The van der Waals surface area contributed by atoms with Crippen molar-refractivity contribution in [3.05, 3.63) is 47.7 Å². The standard InChI is InChI=1S/C13H15ClN2O3S/c1-2-3-9-11(17)15-13(19)16(12(9)18)7-6-8-4-5-10(14)20-8/h4-5,18H,2-3,6-7H2,1H3,(H,15,17,19). The second kappa shape index (κ2) is 6.28. The molecular formula is C13H15ClN2O3S. The predicted octanol–water partition coefficient (Wildman–Crippen LogP) is 2.15. The Hall–Kier alpha value is -1.53. The Morgan fingerprint density at radius 2 is 2.10 bits per heavy atom. The first-order chi connectivity index (χ1) is 9.52. The van der Waals surface area contributed by atoms with Gasteiger partial charge < -0.3 is 5.11 Å². The van der Waals surface area contributed by atoms with Crippen molar-refractivity contribution < 1.29 is 5.11 Å². The molecule has 2 N–H and O–H groups in total. The Kier molecular flexibility index (Phi) is 4.67. The van der Waals surface area contributed by atoms with Gasteiger partial charge in [0.05, 0.1) is 9.90 Å². The Balaban J connectivity index is 2.29. The van der Waals surface area contributed by atoms with Gasteiger partial charge in [-0.15, -0.1) is 11.3 Å². The summed E-state index contributed by atoms with van der Waals surface area (Å²) in [5, 5.41) is 10.1. The lowest BCUT2D eigenvalue weighted by Crippen LogP contribution is -2.32. The molecule has 20 heavy (non-hydrogen) atoms. The molecule has 5 nitrogen and oxygen atoms in total. The highest BCUT2D eigenvalue weighted by atomic mass is 35.5. The highest BCUT2D eigenvalue weighted by Crippen LogP contribution is 2.22. The third-order valence-electron chi connectivity index (χ3n) is 2.98. The van der Waals surface area contributed by atoms with E-state index in [1.54, 1.807) is 6.07 Å². The number of nitrogens with zero attached hydrogens (tertiary/aromatic N) is 1. The number of aromatic amines is 1. The minimum atomic E-state index is -0.588. The Bertz CT molecular complexity index is 717. The van der Waals surface area contributed by atoms with Gasteiger partial charge in [-0.2, -0.15) is 0 Å². The summed E-state index contributed by atoms with van der Waals surface area (Å²) in [6.45, 7) is 2.21. The summed E-state index contributed by atoms with van der Waals surface area (Å²) in [6.07, 6.45) is 1.73. The van der Waals surface area contributed by atoms with Crippen LogP contribution in [0.4, 0.5) is 0 Å². The maximum Gasteiger partial charge on any atom is 0.331 e. The minimum absolute atomic E-state index is 0.233. The summed E-state index contributed by atoms with van der Waals surface area (Å²) in [4.78, 5) is 26.7. The topological polar surface area (TPSA) is 75.1 Å². The summed E-state index contributed by atoms with van der Waals surface area (Å²) in [5.74, 6) is -0.233. The Morgan fingerprint density at radius 1 is 1.35 bits per heavy atom. The fraction of sp³-hybridized carbons (Fsp3) is 0.385. The molecule has 2 aromatic heterocycles. The molecule has 0 unspecified atom stereocenters. The SMILES string of the molecule is CCCc1c(O)n(CCc2ccc(Cl)s2)c(=O)[nH]c1=O. The number of H-pyrrole nitrogens is 1. The zero-order valence-corrected chi connectivity index (χ0v) is 12.6. The zero-order valence-electron chi connectivity index (χ0n) is 11.0. The van der Waals surface area contributed by atoms with Gasteiger partial charge in [-0.3, -0.25) is 14.3 Å². The molecule has 2 aromatic rings. The average molecular weight is 315 g/mol. The van der Waals surface area contributed by atoms with Crippen molar-refractivity contribution in [3.8, 4) is 5.88 Å². The summed E-state index contributed by atoms with van der Waals surface area (Å²) in [6, 6.07) is 3.67. The third kappa shape index (κ3) is 3.13. The van der Waals surface area contributed by atoms with E-state index in [4.69, 9.17) is 11.6 Å². The summed E-state index contributed by atoms with van der Waals surface area (Å²) in [7, 11) is 0. The van der Waals surface area contributed by atoms with Crippen LogP contribution in [0.3, 0.4) is 0 Å². The van der Waals surface area contributed by atoms with Crippen molar-refractivity contribution in [1.82, 2.24) is 9.55 Å². The molecule has 0 atom stereocenters. The van der Waals surface area contributed by atoms with Crippen LogP contribution in [0.5, 0.6) is 5.88 Å². The number of aryl methyl sites for hydroxylation is 1. The van der Waals surface area contributed by atoms with E-state index < -0.39 is 11.2 Å². The predicted molar refractivity (Wildman–Crippen MR) is 80.0 cm³/mol. The first kappa shape index (κ1) is 14.9. The fourth-order valence-electron chi connectivity index (χ4n) is 1.99. The van der Waals surface area contributed by atoms with Gasteiger partial charge in [-0.05, 0) is 18.6 Å². The molecule has 0 aliphatic rings. The Labute approximate surface area is 124 Å². The van der Waals surface area contributed by atoms with E-state index in [0.717, 1.165) is 11.3 Å². The quantitative estimate of drug-likeness (QED) is 0.888. The smallest absolute Gasteiger partial charge is 0.331 e. The minimum Gasteiger partial charge on any atom is -0.494 e. The molecule has 0 fully saturated rings. The molecule has 108 valence electrons. The van der Waals surface area contributed by atoms with Crippen LogP contribution in [0.25, 0.3) is 0 Å². The number of aromatic hydroxyl groups is 1. The normalized spacial score (nSPS) is 10.9. The van der Waals surface area contributed by atoms with Gasteiger partial charge in [-0.25, -0.2) is 4.79 Å². The molecule has 2 rings (SSSR count). The number of hydrogen-bond donors (Lipinski definition) is 2. The largest absolute Gasteiger partial charge is 0.494 e. The first-order valence-electron chi connectivity index (χ1n) is 6.32. The molecule has 0 saturated carbocycles. The van der Waals surface area contributed by atoms with Crippen LogP contribution in [0.15, 0.2) is 21.7 Å². The molecule has 0 aromatic carbocycles. The van der Waals surface area contributed by atoms with E-state index in [1.807, 2.05) is 13.0 Å². The number of aromatic nitrogens is 2. The molecular weight excluding hydrogens is 300 g/mol. The first-order valence-corrected chi connectivity index (χ1v) is 7.51. The number of rotatable bonds is 5. The van der Waals surface area contributed by atoms with Crippen LogP contribution >= 0.6 is 22.9 Å². The maximum atomic E-state index is 11.8. The molecule has 7 heteroatoms. The van der Waals surface area contributed by atoms with Crippen molar-refractivity contribution in [2.24, 2.45) is 0 Å². The van der Waals surface area contributed by atoms with Crippen molar-refractivity contribution in [1.29, 1.82) is 0 Å². The van der Waals surface area contributed by atoms with Crippen LogP contribution < -0.4 is 11.2 Å². The summed E-state index contributed by atoms with van der Waals surface area (Å²) < 4.78 is 1.88. The molecule has 0 amide bonds. The second-order valence-corrected chi connectivity index (χ2v) is 6.22. The maximum absolute atomic E-state index is 11.8. The van der Waals surface area contributed by atoms with Gasteiger partial charge >= 0.3 is 5.69 Å². The van der Waals surface area contributed by atoms with Crippen molar-refractivity contribution in [3.63, 3.8) is 0 Å². The second-order valence-electron chi connectivity index (χ2n) is 4.42. The molecule has 0 aliphatic carbocycles. The molecule has 0 saturated heterocycles. The monoisotopic (exact) mass is 314 g/mol. The zero-order chi connectivity index (χ0) is 14.7. The van der Waals surface area contributed by atoms with Gasteiger partial charge in [-0.1, -0.05) is 24.9 Å².